The monoisotopic (exact) mass is 411 g/mol. The van der Waals surface area contributed by atoms with Gasteiger partial charge in [0.1, 0.15) is 6.61 Å². The number of ether oxygens (including phenoxy) is 3. The highest BCUT2D eigenvalue weighted by Crippen LogP contribution is 2.44. The van der Waals surface area contributed by atoms with Crippen LogP contribution in [-0.2, 0) is 19.0 Å². The van der Waals surface area contributed by atoms with E-state index in [1.807, 2.05) is 38.1 Å². The van der Waals surface area contributed by atoms with Crippen LogP contribution in [0.4, 0.5) is 4.79 Å². The normalized spacial score (nSPS) is 13.7. The van der Waals surface area contributed by atoms with Gasteiger partial charge in [0.25, 0.3) is 0 Å². The van der Waals surface area contributed by atoms with Crippen molar-refractivity contribution in [1.29, 1.82) is 0 Å². The van der Waals surface area contributed by atoms with Crippen molar-refractivity contribution in [2.75, 3.05) is 13.2 Å². The van der Waals surface area contributed by atoms with Gasteiger partial charge in [0.2, 0.25) is 0 Å². The van der Waals surface area contributed by atoms with Crippen molar-refractivity contribution in [2.45, 2.75) is 51.9 Å². The van der Waals surface area contributed by atoms with Crippen LogP contribution in [0, 0.1) is 0 Å². The molecule has 0 fully saturated rings. The minimum absolute atomic E-state index is 0.0212. The maximum atomic E-state index is 12.5. The zero-order valence-corrected chi connectivity index (χ0v) is 17.9. The Balaban J connectivity index is 1.66. The van der Waals surface area contributed by atoms with Gasteiger partial charge in [-0.05, 0) is 49.9 Å². The lowest BCUT2D eigenvalue weighted by Gasteiger charge is -2.21. The third kappa shape index (κ3) is 5.19. The van der Waals surface area contributed by atoms with E-state index >= 15 is 0 Å². The van der Waals surface area contributed by atoms with Crippen LogP contribution >= 0.6 is 0 Å². The predicted octanol–water partition coefficient (Wildman–Crippen LogP) is 4.27. The smallest absolute Gasteiger partial charge is 0.407 e. The van der Waals surface area contributed by atoms with E-state index in [9.17, 15) is 9.59 Å². The number of amides is 1. The maximum Gasteiger partial charge on any atom is 0.407 e. The molecule has 0 saturated carbocycles. The number of hydrogen-bond donors (Lipinski definition) is 1. The Hall–Kier alpha value is -2.86. The third-order valence-corrected chi connectivity index (χ3v) is 4.87. The van der Waals surface area contributed by atoms with E-state index in [1.165, 1.54) is 0 Å². The van der Waals surface area contributed by atoms with Crippen LogP contribution in [0.15, 0.2) is 48.5 Å². The van der Waals surface area contributed by atoms with Crippen LogP contribution in [0.5, 0.6) is 0 Å². The lowest BCUT2D eigenvalue weighted by Crippen LogP contribution is -2.46. The summed E-state index contributed by atoms with van der Waals surface area (Å²) in [5.74, 6) is -0.588. The first-order chi connectivity index (χ1) is 14.4. The summed E-state index contributed by atoms with van der Waals surface area (Å²) in [6.45, 7) is 7.43. The number of nitrogens with one attached hydrogen (secondary N) is 1. The van der Waals surface area contributed by atoms with Crippen LogP contribution in [-0.4, -0.2) is 43.5 Å². The Labute approximate surface area is 177 Å². The molecule has 1 atom stereocenters. The van der Waals surface area contributed by atoms with Gasteiger partial charge in [0, 0.05) is 5.92 Å². The minimum atomic E-state index is -0.926. The second-order valence-corrected chi connectivity index (χ2v) is 7.89. The molecule has 0 unspecified atom stereocenters. The summed E-state index contributed by atoms with van der Waals surface area (Å²) < 4.78 is 16.3. The van der Waals surface area contributed by atoms with E-state index in [2.05, 4.69) is 29.6 Å². The summed E-state index contributed by atoms with van der Waals surface area (Å²) in [5.41, 5.74) is 4.58. The average molecular weight is 411 g/mol. The molecule has 1 aliphatic carbocycles. The number of carbonyl (C=O) groups excluding carboxylic acids is 2. The quantitative estimate of drug-likeness (QED) is 0.657. The molecule has 0 bridgehead atoms. The number of esters is 1. The van der Waals surface area contributed by atoms with E-state index in [1.54, 1.807) is 13.8 Å². The summed E-state index contributed by atoms with van der Waals surface area (Å²) in [5, 5.41) is 2.59. The van der Waals surface area contributed by atoms with Gasteiger partial charge < -0.3 is 19.5 Å². The highest BCUT2D eigenvalue weighted by molar-refractivity contribution is 5.82. The molecule has 30 heavy (non-hydrogen) atoms. The SMILES string of the molecule is CC(C)OC[C@H](NC(=O)OCC1c2ccccc2-c2ccccc21)C(=O)OC(C)C. The highest BCUT2D eigenvalue weighted by atomic mass is 16.6. The van der Waals surface area contributed by atoms with Gasteiger partial charge >= 0.3 is 12.1 Å². The van der Waals surface area contributed by atoms with Crippen LogP contribution in [0.1, 0.15) is 44.7 Å². The largest absolute Gasteiger partial charge is 0.461 e. The summed E-state index contributed by atoms with van der Waals surface area (Å²) >= 11 is 0. The number of rotatable bonds is 8. The van der Waals surface area contributed by atoms with Gasteiger partial charge in [-0.1, -0.05) is 48.5 Å². The second kappa shape index (κ2) is 9.76. The third-order valence-electron chi connectivity index (χ3n) is 4.87. The molecule has 2 aromatic carbocycles. The number of carbonyl (C=O) groups is 2. The first kappa shape index (κ1) is 21.8. The topological polar surface area (TPSA) is 73.9 Å². The number of benzene rings is 2. The molecule has 6 heteroatoms. The van der Waals surface area contributed by atoms with Crippen LogP contribution in [0.3, 0.4) is 0 Å². The fraction of sp³-hybridized carbons (Fsp3) is 0.417. The minimum Gasteiger partial charge on any atom is -0.461 e. The van der Waals surface area contributed by atoms with Crippen molar-refractivity contribution in [3.05, 3.63) is 59.7 Å². The van der Waals surface area contributed by atoms with Crippen LogP contribution in [0.25, 0.3) is 11.1 Å². The molecular weight excluding hydrogens is 382 g/mol. The molecule has 0 spiro atoms. The second-order valence-electron chi connectivity index (χ2n) is 7.89. The van der Waals surface area contributed by atoms with Gasteiger partial charge in [0.15, 0.2) is 6.04 Å². The van der Waals surface area contributed by atoms with Crippen molar-refractivity contribution in [3.63, 3.8) is 0 Å². The molecular formula is C24H29NO5. The molecule has 1 amide bonds. The molecule has 2 aromatic rings. The van der Waals surface area contributed by atoms with E-state index in [0.717, 1.165) is 22.3 Å². The Bertz CT molecular complexity index is 847. The van der Waals surface area contributed by atoms with Crippen molar-refractivity contribution in [2.24, 2.45) is 0 Å². The molecule has 160 valence electrons. The van der Waals surface area contributed by atoms with Crippen molar-refractivity contribution in [1.82, 2.24) is 5.32 Å². The van der Waals surface area contributed by atoms with E-state index in [-0.39, 0.29) is 31.3 Å². The molecule has 1 N–H and O–H groups in total. The van der Waals surface area contributed by atoms with Gasteiger partial charge in [-0.3, -0.25) is 0 Å². The Morgan fingerprint density at radius 1 is 0.900 bits per heavy atom. The predicted molar refractivity (Wildman–Crippen MR) is 114 cm³/mol. The van der Waals surface area contributed by atoms with Gasteiger partial charge in [-0.2, -0.15) is 0 Å². The summed E-state index contributed by atoms with van der Waals surface area (Å²) in [6, 6.07) is 15.3. The fourth-order valence-electron chi connectivity index (χ4n) is 3.55. The lowest BCUT2D eigenvalue weighted by atomic mass is 9.98. The van der Waals surface area contributed by atoms with E-state index in [0.29, 0.717) is 0 Å². The molecule has 1 aliphatic rings. The molecule has 3 rings (SSSR count). The lowest BCUT2D eigenvalue weighted by molar-refractivity contribution is -0.151. The number of alkyl carbamates (subject to hydrolysis) is 1. The van der Waals surface area contributed by atoms with Gasteiger partial charge in [-0.25, -0.2) is 9.59 Å². The van der Waals surface area contributed by atoms with Crippen molar-refractivity contribution < 1.29 is 23.8 Å². The Kier molecular flexibility index (Phi) is 7.11. The summed E-state index contributed by atoms with van der Waals surface area (Å²) in [4.78, 5) is 24.8. The van der Waals surface area contributed by atoms with Crippen LogP contribution in [0.2, 0.25) is 0 Å². The Morgan fingerprint density at radius 2 is 1.47 bits per heavy atom. The molecule has 6 nitrogen and oxygen atoms in total. The molecule has 0 saturated heterocycles. The number of hydrogen-bond acceptors (Lipinski definition) is 5. The highest BCUT2D eigenvalue weighted by Gasteiger charge is 2.30. The zero-order valence-electron chi connectivity index (χ0n) is 17.9. The first-order valence-corrected chi connectivity index (χ1v) is 10.3. The van der Waals surface area contributed by atoms with Gasteiger partial charge in [0.05, 0.1) is 18.8 Å². The molecule has 0 aliphatic heterocycles. The fourth-order valence-corrected chi connectivity index (χ4v) is 3.55. The molecule has 0 heterocycles. The summed E-state index contributed by atoms with van der Waals surface area (Å²) in [6.07, 6.45) is -1.04. The van der Waals surface area contributed by atoms with Crippen molar-refractivity contribution >= 4 is 12.1 Å². The molecule has 0 radical (unpaired) electrons. The van der Waals surface area contributed by atoms with Crippen LogP contribution < -0.4 is 5.32 Å². The number of fused-ring (bicyclic) bond motifs is 3. The Morgan fingerprint density at radius 3 is 2.00 bits per heavy atom. The van der Waals surface area contributed by atoms with Crippen molar-refractivity contribution in [3.8, 4) is 11.1 Å². The zero-order chi connectivity index (χ0) is 21.7. The standard InChI is InChI=1S/C24H29NO5/c1-15(2)28-14-22(23(26)30-16(3)4)25-24(27)29-13-21-19-11-7-5-9-17(19)18-10-6-8-12-20(18)21/h5-12,15-16,21-22H,13-14H2,1-4H3,(H,25,27)/t22-/m0/s1. The van der Waals surface area contributed by atoms with Gasteiger partial charge in [-0.15, -0.1) is 0 Å². The van der Waals surface area contributed by atoms with E-state index < -0.39 is 18.1 Å². The maximum absolute atomic E-state index is 12.5. The first-order valence-electron chi connectivity index (χ1n) is 10.3. The molecule has 0 aromatic heterocycles. The summed E-state index contributed by atoms with van der Waals surface area (Å²) in [7, 11) is 0. The average Bonchev–Trinajstić information content (AvgIpc) is 3.02. The van der Waals surface area contributed by atoms with E-state index in [4.69, 9.17) is 14.2 Å².